The van der Waals surface area contributed by atoms with Crippen molar-refractivity contribution in [3.05, 3.63) is 51.5 Å². The lowest BCUT2D eigenvalue weighted by Gasteiger charge is -2.10. The standard InChI is InChI=1S/C12H7BrClF2NO/c13-7-4-8(14)11(5-9(7)16)18-12-3-6(15)1-2-10(12)17/h1-5H,17H2. The summed E-state index contributed by atoms with van der Waals surface area (Å²) in [6, 6.07) is 6.10. The first-order valence-electron chi connectivity index (χ1n) is 4.85. The molecule has 0 bridgehead atoms. The maximum Gasteiger partial charge on any atom is 0.153 e. The number of nitrogen functional groups attached to an aromatic ring is 1. The Bertz CT molecular complexity index is 607. The molecule has 0 aliphatic heterocycles. The highest BCUT2D eigenvalue weighted by Gasteiger charge is 2.11. The summed E-state index contributed by atoms with van der Waals surface area (Å²) >= 11 is 8.88. The average Bonchev–Trinajstić information content (AvgIpc) is 2.30. The van der Waals surface area contributed by atoms with Gasteiger partial charge in [-0.05, 0) is 34.1 Å². The van der Waals surface area contributed by atoms with E-state index in [1.807, 2.05) is 0 Å². The smallest absolute Gasteiger partial charge is 0.153 e. The number of halogens is 4. The fraction of sp³-hybridized carbons (Fsp3) is 0. The Labute approximate surface area is 115 Å². The van der Waals surface area contributed by atoms with Crippen LogP contribution in [0.2, 0.25) is 5.02 Å². The predicted molar refractivity (Wildman–Crippen MR) is 70.0 cm³/mol. The van der Waals surface area contributed by atoms with Gasteiger partial charge in [0.1, 0.15) is 17.4 Å². The van der Waals surface area contributed by atoms with Crippen LogP contribution in [0.25, 0.3) is 0 Å². The Morgan fingerprint density at radius 3 is 2.56 bits per heavy atom. The van der Waals surface area contributed by atoms with Crippen molar-refractivity contribution in [2.75, 3.05) is 5.73 Å². The fourth-order valence-electron chi connectivity index (χ4n) is 1.30. The zero-order valence-corrected chi connectivity index (χ0v) is 11.2. The van der Waals surface area contributed by atoms with Gasteiger partial charge in [-0.2, -0.15) is 0 Å². The molecule has 0 aliphatic rings. The minimum atomic E-state index is -0.538. The topological polar surface area (TPSA) is 35.2 Å². The maximum atomic E-state index is 13.4. The van der Waals surface area contributed by atoms with Gasteiger partial charge in [-0.1, -0.05) is 11.6 Å². The third kappa shape index (κ3) is 2.73. The maximum absolute atomic E-state index is 13.4. The SMILES string of the molecule is Nc1ccc(F)cc1Oc1cc(F)c(Br)cc1Cl. The number of hydrogen-bond donors (Lipinski definition) is 1. The molecule has 2 aromatic rings. The first-order chi connectivity index (χ1) is 8.47. The van der Waals surface area contributed by atoms with Crippen molar-refractivity contribution < 1.29 is 13.5 Å². The highest BCUT2D eigenvalue weighted by atomic mass is 79.9. The van der Waals surface area contributed by atoms with E-state index in [2.05, 4.69) is 15.9 Å². The number of rotatable bonds is 2. The van der Waals surface area contributed by atoms with Gasteiger partial charge in [0.25, 0.3) is 0 Å². The van der Waals surface area contributed by atoms with Crippen molar-refractivity contribution in [1.29, 1.82) is 0 Å². The quantitative estimate of drug-likeness (QED) is 0.635. The first kappa shape index (κ1) is 13.1. The van der Waals surface area contributed by atoms with Crippen molar-refractivity contribution in [2.24, 2.45) is 0 Å². The lowest BCUT2D eigenvalue weighted by Crippen LogP contribution is -1.94. The van der Waals surface area contributed by atoms with Gasteiger partial charge in [0.15, 0.2) is 5.75 Å². The van der Waals surface area contributed by atoms with E-state index in [1.54, 1.807) is 0 Å². The van der Waals surface area contributed by atoms with Crippen molar-refractivity contribution in [3.63, 3.8) is 0 Å². The molecule has 0 amide bonds. The van der Waals surface area contributed by atoms with E-state index in [-0.39, 0.29) is 26.7 Å². The molecule has 2 N–H and O–H groups in total. The minimum absolute atomic E-state index is 0.0645. The molecule has 2 rings (SSSR count). The van der Waals surface area contributed by atoms with E-state index in [0.29, 0.717) is 0 Å². The van der Waals surface area contributed by atoms with Crippen LogP contribution in [0.3, 0.4) is 0 Å². The monoisotopic (exact) mass is 333 g/mol. The third-order valence-electron chi connectivity index (χ3n) is 2.17. The highest BCUT2D eigenvalue weighted by molar-refractivity contribution is 9.10. The fourth-order valence-corrected chi connectivity index (χ4v) is 1.97. The highest BCUT2D eigenvalue weighted by Crippen LogP contribution is 2.35. The van der Waals surface area contributed by atoms with Crippen LogP contribution in [-0.4, -0.2) is 0 Å². The van der Waals surface area contributed by atoms with Crippen LogP contribution in [0.1, 0.15) is 0 Å². The molecule has 0 unspecified atom stereocenters. The number of hydrogen-bond acceptors (Lipinski definition) is 2. The Morgan fingerprint density at radius 2 is 1.83 bits per heavy atom. The van der Waals surface area contributed by atoms with Gasteiger partial charge in [-0.3, -0.25) is 0 Å². The largest absolute Gasteiger partial charge is 0.453 e. The van der Waals surface area contributed by atoms with Gasteiger partial charge in [-0.15, -0.1) is 0 Å². The van der Waals surface area contributed by atoms with Crippen LogP contribution in [0.15, 0.2) is 34.8 Å². The van der Waals surface area contributed by atoms with Crippen molar-refractivity contribution in [1.82, 2.24) is 0 Å². The second-order valence-corrected chi connectivity index (χ2v) is 4.74. The molecular weight excluding hydrogens is 327 g/mol. The molecule has 0 heterocycles. The average molecular weight is 335 g/mol. The van der Waals surface area contributed by atoms with Crippen LogP contribution in [0, 0.1) is 11.6 Å². The molecule has 2 aromatic carbocycles. The summed E-state index contributed by atoms with van der Waals surface area (Å²) in [6.07, 6.45) is 0. The number of nitrogens with two attached hydrogens (primary N) is 1. The summed E-state index contributed by atoms with van der Waals surface area (Å²) in [5.74, 6) is -0.898. The van der Waals surface area contributed by atoms with Crippen molar-refractivity contribution >= 4 is 33.2 Å². The molecule has 0 aromatic heterocycles. The van der Waals surface area contributed by atoms with Crippen LogP contribution in [0.4, 0.5) is 14.5 Å². The van der Waals surface area contributed by atoms with Crippen LogP contribution >= 0.6 is 27.5 Å². The third-order valence-corrected chi connectivity index (χ3v) is 3.07. The number of anilines is 1. The van der Waals surface area contributed by atoms with Crippen molar-refractivity contribution in [3.8, 4) is 11.5 Å². The molecule has 6 heteroatoms. The number of ether oxygens (including phenoxy) is 1. The normalized spacial score (nSPS) is 10.4. The summed E-state index contributed by atoms with van der Waals surface area (Å²) in [5, 5.41) is 0.187. The Hall–Kier alpha value is -1.33. The number of benzene rings is 2. The summed E-state index contributed by atoms with van der Waals surface area (Å²) in [6.45, 7) is 0. The van der Waals surface area contributed by atoms with Crippen LogP contribution in [-0.2, 0) is 0 Å². The van der Waals surface area contributed by atoms with Gasteiger partial charge in [-0.25, -0.2) is 8.78 Å². The van der Waals surface area contributed by atoms with E-state index >= 15 is 0 Å². The van der Waals surface area contributed by atoms with Crippen LogP contribution < -0.4 is 10.5 Å². The summed E-state index contributed by atoms with van der Waals surface area (Å²) in [4.78, 5) is 0. The molecule has 0 aliphatic carbocycles. The second-order valence-electron chi connectivity index (χ2n) is 3.48. The molecule has 2 nitrogen and oxygen atoms in total. The van der Waals surface area contributed by atoms with Crippen molar-refractivity contribution in [2.45, 2.75) is 0 Å². The Morgan fingerprint density at radius 1 is 1.11 bits per heavy atom. The minimum Gasteiger partial charge on any atom is -0.453 e. The van der Waals surface area contributed by atoms with E-state index in [9.17, 15) is 8.78 Å². The first-order valence-corrected chi connectivity index (χ1v) is 6.02. The molecule has 0 spiro atoms. The lowest BCUT2D eigenvalue weighted by molar-refractivity contribution is 0.473. The van der Waals surface area contributed by atoms with Gasteiger partial charge in [0.2, 0.25) is 0 Å². The second kappa shape index (κ2) is 5.12. The van der Waals surface area contributed by atoms with E-state index in [0.717, 1.165) is 12.1 Å². The van der Waals surface area contributed by atoms with Crippen LogP contribution in [0.5, 0.6) is 11.5 Å². The molecule has 18 heavy (non-hydrogen) atoms. The zero-order valence-electron chi connectivity index (χ0n) is 8.88. The van der Waals surface area contributed by atoms with E-state index in [4.69, 9.17) is 22.1 Å². The van der Waals surface area contributed by atoms with E-state index in [1.165, 1.54) is 18.2 Å². The van der Waals surface area contributed by atoms with Gasteiger partial charge in [0.05, 0.1) is 15.2 Å². The molecule has 0 radical (unpaired) electrons. The molecule has 94 valence electrons. The molecule has 0 atom stereocenters. The van der Waals surface area contributed by atoms with E-state index < -0.39 is 11.6 Å². The zero-order chi connectivity index (χ0) is 13.3. The molecular formula is C12H7BrClF2NO. The lowest BCUT2D eigenvalue weighted by atomic mass is 10.3. The Balaban J connectivity index is 2.40. The van der Waals surface area contributed by atoms with Gasteiger partial charge < -0.3 is 10.5 Å². The summed E-state index contributed by atoms with van der Waals surface area (Å²) < 4.78 is 31.9. The van der Waals surface area contributed by atoms with Gasteiger partial charge in [0, 0.05) is 12.1 Å². The summed E-state index contributed by atoms with van der Waals surface area (Å²) in [5.41, 5.74) is 5.85. The molecule has 0 saturated heterocycles. The molecule has 0 saturated carbocycles. The van der Waals surface area contributed by atoms with Gasteiger partial charge >= 0.3 is 0 Å². The predicted octanol–water partition coefficient (Wildman–Crippen LogP) is 4.76. The summed E-state index contributed by atoms with van der Waals surface area (Å²) in [7, 11) is 0. The Kier molecular flexibility index (Phi) is 3.73. The molecule has 0 fully saturated rings.